The lowest BCUT2D eigenvalue weighted by Crippen LogP contribution is -2.28. The number of rotatable bonds is 5. The Morgan fingerprint density at radius 1 is 1.23 bits per heavy atom. The zero-order valence-electron chi connectivity index (χ0n) is 14.5. The van der Waals surface area contributed by atoms with E-state index in [9.17, 15) is 17.6 Å². The Hall–Kier alpha value is -2.92. The van der Waals surface area contributed by atoms with Crippen LogP contribution in [0.5, 0.6) is 0 Å². The van der Waals surface area contributed by atoms with Gasteiger partial charge >= 0.3 is 0 Å². The molecule has 0 radical (unpaired) electrons. The highest BCUT2D eigenvalue weighted by atomic mass is 32.2. The molecule has 8 heteroatoms. The highest BCUT2D eigenvalue weighted by Gasteiger charge is 2.17. The molecule has 6 nitrogen and oxygen atoms in total. The lowest BCUT2D eigenvalue weighted by atomic mass is 10.1. The fourth-order valence-corrected chi connectivity index (χ4v) is 2.78. The van der Waals surface area contributed by atoms with E-state index >= 15 is 0 Å². The molecule has 1 atom stereocenters. The standard InChI is InChI=1S/C18H18FN3O3S/c1-12(14-4-6-16(19)7-5-14)21-18(23)15-8-13(11-20)9-17(10-15)22(2)26(3,24)25/h4-10,12H,1-3H3,(H,21,23). The van der Waals surface area contributed by atoms with Crippen molar-refractivity contribution in [1.29, 1.82) is 5.26 Å². The summed E-state index contributed by atoms with van der Waals surface area (Å²) in [5.41, 5.74) is 1.25. The van der Waals surface area contributed by atoms with E-state index in [0.29, 0.717) is 5.56 Å². The average molecular weight is 375 g/mol. The van der Waals surface area contributed by atoms with Crippen LogP contribution in [0.3, 0.4) is 0 Å². The van der Waals surface area contributed by atoms with Crippen LogP contribution in [0, 0.1) is 17.1 Å². The molecule has 0 heterocycles. The van der Waals surface area contributed by atoms with Crippen molar-refractivity contribution in [2.45, 2.75) is 13.0 Å². The van der Waals surface area contributed by atoms with Crippen LogP contribution >= 0.6 is 0 Å². The molecule has 0 bridgehead atoms. The molecule has 2 aromatic carbocycles. The minimum absolute atomic E-state index is 0.156. The van der Waals surface area contributed by atoms with Gasteiger partial charge in [0.25, 0.3) is 5.91 Å². The number of nitrogens with one attached hydrogen (secondary N) is 1. The number of hydrogen-bond donors (Lipinski definition) is 1. The van der Waals surface area contributed by atoms with Gasteiger partial charge in [0, 0.05) is 12.6 Å². The summed E-state index contributed by atoms with van der Waals surface area (Å²) in [5, 5.41) is 11.9. The van der Waals surface area contributed by atoms with E-state index in [2.05, 4.69) is 5.32 Å². The zero-order valence-corrected chi connectivity index (χ0v) is 15.3. The van der Waals surface area contributed by atoms with Crippen molar-refractivity contribution in [3.8, 4) is 6.07 Å². The van der Waals surface area contributed by atoms with Gasteiger partial charge in [0.1, 0.15) is 5.82 Å². The Balaban J connectivity index is 2.30. The molecule has 0 aliphatic rings. The van der Waals surface area contributed by atoms with Crippen LogP contribution in [-0.2, 0) is 10.0 Å². The van der Waals surface area contributed by atoms with Crippen LogP contribution in [-0.4, -0.2) is 27.6 Å². The second-order valence-electron chi connectivity index (χ2n) is 5.86. The number of anilines is 1. The van der Waals surface area contributed by atoms with E-state index in [1.54, 1.807) is 19.1 Å². The summed E-state index contributed by atoms with van der Waals surface area (Å²) in [5.74, 6) is -0.843. The van der Waals surface area contributed by atoms with Gasteiger partial charge in [0.2, 0.25) is 10.0 Å². The molecule has 0 aliphatic heterocycles. The Morgan fingerprint density at radius 2 is 1.85 bits per heavy atom. The molecule has 0 spiro atoms. The Labute approximate surface area is 151 Å². The number of sulfonamides is 1. The van der Waals surface area contributed by atoms with Crippen LogP contribution in [0.2, 0.25) is 0 Å². The minimum atomic E-state index is -3.54. The van der Waals surface area contributed by atoms with Gasteiger partial charge in [-0.25, -0.2) is 12.8 Å². The number of amides is 1. The van der Waals surface area contributed by atoms with Crippen LogP contribution in [0.4, 0.5) is 10.1 Å². The van der Waals surface area contributed by atoms with Gasteiger partial charge in [-0.3, -0.25) is 9.10 Å². The largest absolute Gasteiger partial charge is 0.346 e. The molecule has 2 rings (SSSR count). The van der Waals surface area contributed by atoms with Gasteiger partial charge in [0.05, 0.1) is 29.6 Å². The summed E-state index contributed by atoms with van der Waals surface area (Å²) in [6.45, 7) is 1.74. The van der Waals surface area contributed by atoms with Crippen molar-refractivity contribution in [3.63, 3.8) is 0 Å². The maximum Gasteiger partial charge on any atom is 0.251 e. The van der Waals surface area contributed by atoms with E-state index in [1.807, 2.05) is 6.07 Å². The number of halogens is 1. The fraction of sp³-hybridized carbons (Fsp3) is 0.222. The van der Waals surface area contributed by atoms with Gasteiger partial charge in [0.15, 0.2) is 0 Å². The van der Waals surface area contributed by atoms with Crippen molar-refractivity contribution >= 4 is 21.6 Å². The molecule has 0 aromatic heterocycles. The van der Waals surface area contributed by atoms with Crippen molar-refractivity contribution in [2.24, 2.45) is 0 Å². The first-order valence-electron chi connectivity index (χ1n) is 7.67. The van der Waals surface area contributed by atoms with E-state index in [-0.39, 0.29) is 22.6 Å². The van der Waals surface area contributed by atoms with Crippen molar-refractivity contribution in [2.75, 3.05) is 17.6 Å². The third-order valence-electron chi connectivity index (χ3n) is 3.89. The monoisotopic (exact) mass is 375 g/mol. The van der Waals surface area contributed by atoms with Crippen molar-refractivity contribution < 1.29 is 17.6 Å². The van der Waals surface area contributed by atoms with E-state index in [4.69, 9.17) is 5.26 Å². The quantitative estimate of drug-likeness (QED) is 0.870. The lowest BCUT2D eigenvalue weighted by Gasteiger charge is -2.19. The molecule has 136 valence electrons. The van der Waals surface area contributed by atoms with Crippen LogP contribution < -0.4 is 9.62 Å². The van der Waals surface area contributed by atoms with Crippen molar-refractivity contribution in [3.05, 3.63) is 65.0 Å². The first-order valence-corrected chi connectivity index (χ1v) is 9.52. The van der Waals surface area contributed by atoms with E-state index in [0.717, 1.165) is 10.6 Å². The van der Waals surface area contributed by atoms with Gasteiger partial charge in [-0.2, -0.15) is 5.26 Å². The summed E-state index contributed by atoms with van der Waals surface area (Å²) in [4.78, 5) is 12.5. The van der Waals surface area contributed by atoms with Crippen molar-refractivity contribution in [1.82, 2.24) is 5.32 Å². The second kappa shape index (κ2) is 7.54. The van der Waals surface area contributed by atoms with Crippen LogP contribution in [0.25, 0.3) is 0 Å². The summed E-state index contributed by atoms with van der Waals surface area (Å²) in [6, 6.07) is 11.4. The fourth-order valence-electron chi connectivity index (χ4n) is 2.29. The van der Waals surface area contributed by atoms with Gasteiger partial charge in [-0.05, 0) is 42.8 Å². The molecule has 0 fully saturated rings. The maximum absolute atomic E-state index is 13.0. The zero-order chi connectivity index (χ0) is 19.5. The van der Waals surface area contributed by atoms with Crippen LogP contribution in [0.1, 0.15) is 34.5 Å². The number of carbonyl (C=O) groups is 1. The third kappa shape index (κ3) is 4.58. The Morgan fingerprint density at radius 3 is 2.38 bits per heavy atom. The highest BCUT2D eigenvalue weighted by molar-refractivity contribution is 7.92. The molecule has 2 aromatic rings. The number of carbonyl (C=O) groups excluding carboxylic acids is 1. The topological polar surface area (TPSA) is 90.3 Å². The lowest BCUT2D eigenvalue weighted by molar-refractivity contribution is 0.0940. The normalized spacial score (nSPS) is 12.1. The molecule has 0 aliphatic carbocycles. The van der Waals surface area contributed by atoms with Crippen LogP contribution in [0.15, 0.2) is 42.5 Å². The second-order valence-corrected chi connectivity index (χ2v) is 7.87. The summed E-state index contributed by atoms with van der Waals surface area (Å²) < 4.78 is 37.4. The summed E-state index contributed by atoms with van der Waals surface area (Å²) in [6.07, 6.45) is 1.03. The molecule has 26 heavy (non-hydrogen) atoms. The molecular formula is C18H18FN3O3S. The molecule has 1 unspecified atom stereocenters. The first kappa shape index (κ1) is 19.4. The summed E-state index contributed by atoms with van der Waals surface area (Å²) in [7, 11) is -2.19. The predicted octanol–water partition coefficient (Wildman–Crippen LogP) is 2.58. The number of nitrogens with zero attached hydrogens (tertiary/aromatic N) is 2. The predicted molar refractivity (Wildman–Crippen MR) is 96.7 cm³/mol. The highest BCUT2D eigenvalue weighted by Crippen LogP contribution is 2.21. The SMILES string of the molecule is CC(NC(=O)c1cc(C#N)cc(N(C)S(C)(=O)=O)c1)c1ccc(F)cc1. The number of benzene rings is 2. The van der Waals surface area contributed by atoms with Gasteiger partial charge in [-0.15, -0.1) is 0 Å². The molecular weight excluding hydrogens is 357 g/mol. The number of nitriles is 1. The average Bonchev–Trinajstić information content (AvgIpc) is 2.60. The van der Waals surface area contributed by atoms with Gasteiger partial charge in [-0.1, -0.05) is 12.1 Å². The molecule has 0 saturated heterocycles. The minimum Gasteiger partial charge on any atom is -0.346 e. The maximum atomic E-state index is 13.0. The molecule has 1 N–H and O–H groups in total. The smallest absolute Gasteiger partial charge is 0.251 e. The summed E-state index contributed by atoms with van der Waals surface area (Å²) >= 11 is 0. The van der Waals surface area contributed by atoms with E-state index < -0.39 is 22.0 Å². The Bertz CT molecular complexity index is 966. The van der Waals surface area contributed by atoms with Gasteiger partial charge < -0.3 is 5.32 Å². The Kier molecular flexibility index (Phi) is 5.63. The van der Waals surface area contributed by atoms with E-state index in [1.165, 1.54) is 37.4 Å². The molecule has 0 saturated carbocycles. The third-order valence-corrected chi connectivity index (χ3v) is 5.09. The number of hydrogen-bond acceptors (Lipinski definition) is 4. The first-order chi connectivity index (χ1) is 12.1. The molecule has 1 amide bonds.